The normalized spacial score (nSPS) is 11.8. The van der Waals surface area contributed by atoms with Crippen molar-refractivity contribution >= 4 is 51.7 Å². The number of aliphatic imine (C=N–C) groups is 1. The average molecular weight is 500 g/mol. The largest absolute Gasteiger partial charge is 0.357 e. The van der Waals surface area contributed by atoms with Gasteiger partial charge in [-0.2, -0.15) is 0 Å². The Morgan fingerprint density at radius 3 is 2.44 bits per heavy atom. The summed E-state index contributed by atoms with van der Waals surface area (Å²) < 4.78 is 24.5. The van der Waals surface area contributed by atoms with Crippen molar-refractivity contribution in [1.82, 2.24) is 14.9 Å². The molecule has 6 nitrogen and oxygen atoms in total. The Kier molecular flexibility index (Phi) is 12.5. The zero-order chi connectivity index (χ0) is 18.0. The Morgan fingerprint density at radius 2 is 1.92 bits per heavy atom. The molecule has 25 heavy (non-hydrogen) atoms. The molecule has 0 saturated heterocycles. The first-order valence-electron chi connectivity index (χ1n) is 7.92. The lowest BCUT2D eigenvalue weighted by molar-refractivity contribution is 0.476. The SMILES string of the molecule is CCNC(=NCCCNS(C)(=O)=O)N(C)Cc1ccc(SC)cc1.I. The van der Waals surface area contributed by atoms with E-state index in [2.05, 4.69) is 50.5 Å². The number of benzene rings is 1. The molecule has 0 spiro atoms. The zero-order valence-electron chi connectivity index (χ0n) is 15.3. The topological polar surface area (TPSA) is 73.8 Å². The summed E-state index contributed by atoms with van der Waals surface area (Å²) in [5.41, 5.74) is 1.22. The van der Waals surface area contributed by atoms with Crippen LogP contribution in [-0.2, 0) is 16.6 Å². The monoisotopic (exact) mass is 500 g/mol. The summed E-state index contributed by atoms with van der Waals surface area (Å²) in [6.07, 6.45) is 3.89. The van der Waals surface area contributed by atoms with Crippen LogP contribution in [0, 0.1) is 0 Å². The maximum atomic E-state index is 11.0. The lowest BCUT2D eigenvalue weighted by Crippen LogP contribution is -2.38. The highest BCUT2D eigenvalue weighted by Crippen LogP contribution is 2.15. The van der Waals surface area contributed by atoms with Crippen LogP contribution in [0.15, 0.2) is 34.2 Å². The van der Waals surface area contributed by atoms with E-state index >= 15 is 0 Å². The van der Waals surface area contributed by atoms with Gasteiger partial charge in [0.15, 0.2) is 5.96 Å². The van der Waals surface area contributed by atoms with Gasteiger partial charge in [-0.1, -0.05) is 12.1 Å². The van der Waals surface area contributed by atoms with E-state index < -0.39 is 10.0 Å². The second kappa shape index (κ2) is 12.8. The van der Waals surface area contributed by atoms with Crippen molar-refractivity contribution in [3.8, 4) is 0 Å². The first-order valence-corrected chi connectivity index (χ1v) is 11.0. The summed E-state index contributed by atoms with van der Waals surface area (Å²) in [5.74, 6) is 0.825. The molecule has 144 valence electrons. The molecule has 0 aliphatic heterocycles. The number of halogens is 1. The standard InChI is InChI=1S/C16H28N4O2S2.HI/c1-5-17-16(18-11-6-12-19-24(4,21)22)20(2)13-14-7-9-15(23-3)10-8-14;/h7-10,19H,5-6,11-13H2,1-4H3,(H,17,18);1H. The van der Waals surface area contributed by atoms with E-state index in [4.69, 9.17) is 0 Å². The third kappa shape index (κ3) is 10.9. The zero-order valence-corrected chi connectivity index (χ0v) is 19.2. The van der Waals surface area contributed by atoms with Crippen molar-refractivity contribution in [2.75, 3.05) is 39.2 Å². The molecule has 1 aromatic carbocycles. The number of nitrogens with one attached hydrogen (secondary N) is 2. The van der Waals surface area contributed by atoms with Crippen molar-refractivity contribution in [2.24, 2.45) is 4.99 Å². The molecular weight excluding hydrogens is 471 g/mol. The van der Waals surface area contributed by atoms with Crippen molar-refractivity contribution in [2.45, 2.75) is 24.8 Å². The second-order valence-corrected chi connectivity index (χ2v) is 8.17. The van der Waals surface area contributed by atoms with E-state index in [0.29, 0.717) is 19.5 Å². The molecule has 1 rings (SSSR count). The summed E-state index contributed by atoms with van der Waals surface area (Å²) in [6, 6.07) is 8.49. The molecule has 0 aromatic heterocycles. The summed E-state index contributed by atoms with van der Waals surface area (Å²) >= 11 is 1.73. The molecule has 0 radical (unpaired) electrons. The molecule has 0 saturated carbocycles. The Hall–Kier alpha value is -0.520. The average Bonchev–Trinajstić information content (AvgIpc) is 2.53. The Bertz CT molecular complexity index is 622. The van der Waals surface area contributed by atoms with Crippen LogP contribution < -0.4 is 10.0 Å². The number of guanidine groups is 1. The second-order valence-electron chi connectivity index (χ2n) is 5.46. The van der Waals surface area contributed by atoms with Crippen LogP contribution in [0.3, 0.4) is 0 Å². The van der Waals surface area contributed by atoms with Crippen LogP contribution in [0.25, 0.3) is 0 Å². The number of nitrogens with zero attached hydrogens (tertiary/aromatic N) is 2. The van der Waals surface area contributed by atoms with E-state index in [0.717, 1.165) is 25.3 Å². The van der Waals surface area contributed by atoms with E-state index in [1.165, 1.54) is 10.5 Å². The van der Waals surface area contributed by atoms with E-state index in [-0.39, 0.29) is 24.0 Å². The Morgan fingerprint density at radius 1 is 1.28 bits per heavy atom. The fraction of sp³-hybridized carbons (Fsp3) is 0.562. The summed E-state index contributed by atoms with van der Waals surface area (Å²) in [5, 5.41) is 3.27. The molecule has 0 fully saturated rings. The number of sulfonamides is 1. The van der Waals surface area contributed by atoms with Crippen molar-refractivity contribution in [3.63, 3.8) is 0 Å². The minimum atomic E-state index is -3.12. The predicted molar refractivity (Wildman–Crippen MR) is 119 cm³/mol. The number of hydrogen-bond acceptors (Lipinski definition) is 4. The molecule has 0 aliphatic carbocycles. The fourth-order valence-corrected chi connectivity index (χ4v) is 2.99. The fourth-order valence-electron chi connectivity index (χ4n) is 2.07. The molecule has 0 amide bonds. The van der Waals surface area contributed by atoms with Gasteiger partial charge in [-0.15, -0.1) is 35.7 Å². The molecular formula is C16H29IN4O2S2. The van der Waals surface area contributed by atoms with E-state index in [1.807, 2.05) is 14.0 Å². The molecule has 0 unspecified atom stereocenters. The van der Waals surface area contributed by atoms with Crippen LogP contribution in [0.1, 0.15) is 18.9 Å². The molecule has 9 heteroatoms. The first kappa shape index (κ1) is 24.5. The molecule has 2 N–H and O–H groups in total. The van der Waals surface area contributed by atoms with Gasteiger partial charge in [0, 0.05) is 38.1 Å². The third-order valence-corrected chi connectivity index (χ3v) is 4.71. The summed E-state index contributed by atoms with van der Waals surface area (Å²) in [4.78, 5) is 7.88. The van der Waals surface area contributed by atoms with E-state index in [9.17, 15) is 8.42 Å². The predicted octanol–water partition coefficient (Wildman–Crippen LogP) is 2.36. The van der Waals surface area contributed by atoms with Gasteiger partial charge < -0.3 is 10.2 Å². The van der Waals surface area contributed by atoms with Gasteiger partial charge in [0.2, 0.25) is 10.0 Å². The Labute approximate surface area is 173 Å². The minimum Gasteiger partial charge on any atom is -0.357 e. The molecule has 0 atom stereocenters. The number of thioether (sulfide) groups is 1. The van der Waals surface area contributed by atoms with Crippen LogP contribution in [-0.4, -0.2) is 58.5 Å². The summed E-state index contributed by atoms with van der Waals surface area (Å²) in [7, 11) is -1.13. The smallest absolute Gasteiger partial charge is 0.208 e. The molecule has 0 heterocycles. The van der Waals surface area contributed by atoms with Gasteiger partial charge in [0.05, 0.1) is 6.26 Å². The maximum absolute atomic E-state index is 11.0. The van der Waals surface area contributed by atoms with Crippen molar-refractivity contribution in [1.29, 1.82) is 0 Å². The van der Waals surface area contributed by atoms with Gasteiger partial charge >= 0.3 is 0 Å². The highest BCUT2D eigenvalue weighted by atomic mass is 127. The van der Waals surface area contributed by atoms with Crippen LogP contribution in [0.2, 0.25) is 0 Å². The van der Waals surface area contributed by atoms with Crippen LogP contribution >= 0.6 is 35.7 Å². The lowest BCUT2D eigenvalue weighted by Gasteiger charge is -2.22. The highest BCUT2D eigenvalue weighted by molar-refractivity contribution is 14.0. The van der Waals surface area contributed by atoms with Crippen molar-refractivity contribution in [3.05, 3.63) is 29.8 Å². The molecule has 0 bridgehead atoms. The quantitative estimate of drug-likeness (QED) is 0.179. The van der Waals surface area contributed by atoms with Gasteiger partial charge in [-0.3, -0.25) is 4.99 Å². The first-order chi connectivity index (χ1) is 11.4. The third-order valence-electron chi connectivity index (χ3n) is 3.24. The minimum absolute atomic E-state index is 0. The highest BCUT2D eigenvalue weighted by Gasteiger charge is 2.06. The summed E-state index contributed by atoms with van der Waals surface area (Å²) in [6.45, 7) is 4.56. The van der Waals surface area contributed by atoms with Gasteiger partial charge in [-0.25, -0.2) is 13.1 Å². The molecule has 0 aliphatic rings. The number of rotatable bonds is 9. The molecule has 1 aromatic rings. The van der Waals surface area contributed by atoms with Gasteiger partial charge in [-0.05, 0) is 37.3 Å². The van der Waals surface area contributed by atoms with Crippen LogP contribution in [0.4, 0.5) is 0 Å². The van der Waals surface area contributed by atoms with Crippen molar-refractivity contribution < 1.29 is 8.42 Å². The van der Waals surface area contributed by atoms with Crippen LogP contribution in [0.5, 0.6) is 0 Å². The van der Waals surface area contributed by atoms with E-state index in [1.54, 1.807) is 11.8 Å². The lowest BCUT2D eigenvalue weighted by atomic mass is 10.2. The van der Waals surface area contributed by atoms with Gasteiger partial charge in [0.25, 0.3) is 0 Å². The Balaban J connectivity index is 0.00000576. The maximum Gasteiger partial charge on any atom is 0.208 e. The number of hydrogen-bond donors (Lipinski definition) is 2. The van der Waals surface area contributed by atoms with Gasteiger partial charge in [0.1, 0.15) is 0 Å².